The number of aliphatic hydroxyl groups is 1. The molecule has 1 aliphatic heterocycles. The van der Waals surface area contributed by atoms with Crippen molar-refractivity contribution >= 4 is 5.97 Å². The first kappa shape index (κ1) is 10.5. The van der Waals surface area contributed by atoms with E-state index < -0.39 is 6.10 Å². The molecule has 1 N–H and O–H groups in total. The summed E-state index contributed by atoms with van der Waals surface area (Å²) >= 11 is 0. The Morgan fingerprint density at radius 1 is 1.69 bits per heavy atom. The quantitative estimate of drug-likeness (QED) is 0.649. The third-order valence-corrected chi connectivity index (χ3v) is 2.20. The predicted molar refractivity (Wildman–Crippen MR) is 46.2 cm³/mol. The lowest BCUT2D eigenvalue weighted by atomic mass is 9.96. The monoisotopic (exact) mass is 188 g/mol. The summed E-state index contributed by atoms with van der Waals surface area (Å²) < 4.78 is 10.1. The molecule has 0 aromatic heterocycles. The fraction of sp³-hybridized carbons (Fsp3) is 0.889. The average molecular weight is 188 g/mol. The maximum atomic E-state index is 11.2. The fourth-order valence-electron chi connectivity index (χ4n) is 1.43. The standard InChI is InChI=1S/C9H16O4/c1-2-12-9(11)8-5-7(6-10)3-4-13-8/h7-8,10H,2-6H2,1H3/t7-,8+/m0/s1. The first-order chi connectivity index (χ1) is 6.27. The van der Waals surface area contributed by atoms with Crippen LogP contribution in [-0.4, -0.2) is 37.0 Å². The first-order valence-electron chi connectivity index (χ1n) is 4.67. The third-order valence-electron chi connectivity index (χ3n) is 2.20. The molecule has 2 atom stereocenters. The largest absolute Gasteiger partial charge is 0.464 e. The molecule has 1 aliphatic rings. The van der Waals surface area contributed by atoms with Gasteiger partial charge in [-0.25, -0.2) is 4.79 Å². The lowest BCUT2D eigenvalue weighted by molar-refractivity contribution is -0.161. The summed E-state index contributed by atoms with van der Waals surface area (Å²) in [6.45, 7) is 2.81. The predicted octanol–water partition coefficient (Wildman–Crippen LogP) is 0.337. The highest BCUT2D eigenvalue weighted by Gasteiger charge is 2.28. The van der Waals surface area contributed by atoms with E-state index in [0.717, 1.165) is 6.42 Å². The van der Waals surface area contributed by atoms with Crippen molar-refractivity contribution < 1.29 is 19.4 Å². The van der Waals surface area contributed by atoms with Crippen LogP contribution >= 0.6 is 0 Å². The molecule has 4 nitrogen and oxygen atoms in total. The van der Waals surface area contributed by atoms with Crippen LogP contribution in [0.1, 0.15) is 19.8 Å². The van der Waals surface area contributed by atoms with Gasteiger partial charge in [0.1, 0.15) is 0 Å². The molecule has 0 spiro atoms. The second kappa shape index (κ2) is 5.19. The van der Waals surface area contributed by atoms with Crippen LogP contribution in [0.25, 0.3) is 0 Å². The van der Waals surface area contributed by atoms with E-state index in [4.69, 9.17) is 14.6 Å². The van der Waals surface area contributed by atoms with E-state index in [1.807, 2.05) is 0 Å². The summed E-state index contributed by atoms with van der Waals surface area (Å²) in [7, 11) is 0. The highest BCUT2D eigenvalue weighted by Crippen LogP contribution is 2.20. The van der Waals surface area contributed by atoms with Crippen molar-refractivity contribution in [1.29, 1.82) is 0 Å². The minimum atomic E-state index is -0.467. The highest BCUT2D eigenvalue weighted by atomic mass is 16.6. The van der Waals surface area contributed by atoms with Crippen molar-refractivity contribution in [2.45, 2.75) is 25.9 Å². The highest BCUT2D eigenvalue weighted by molar-refractivity contribution is 5.74. The molecule has 1 fully saturated rings. The minimum Gasteiger partial charge on any atom is -0.464 e. The molecular weight excluding hydrogens is 172 g/mol. The van der Waals surface area contributed by atoms with E-state index in [1.54, 1.807) is 6.92 Å². The van der Waals surface area contributed by atoms with Gasteiger partial charge in [0.05, 0.1) is 6.61 Å². The number of ether oxygens (including phenoxy) is 2. The van der Waals surface area contributed by atoms with Crippen LogP contribution in [0.2, 0.25) is 0 Å². The average Bonchev–Trinajstić information content (AvgIpc) is 2.18. The third kappa shape index (κ3) is 2.97. The summed E-state index contributed by atoms with van der Waals surface area (Å²) in [6, 6.07) is 0. The molecule has 0 unspecified atom stereocenters. The maximum absolute atomic E-state index is 11.2. The number of esters is 1. The van der Waals surface area contributed by atoms with Crippen molar-refractivity contribution in [3.63, 3.8) is 0 Å². The lowest BCUT2D eigenvalue weighted by Gasteiger charge is -2.26. The summed E-state index contributed by atoms with van der Waals surface area (Å²) in [4.78, 5) is 11.2. The molecule has 1 heterocycles. The SMILES string of the molecule is CCOC(=O)[C@H]1C[C@@H](CO)CCO1. The number of hydrogen-bond donors (Lipinski definition) is 1. The Bertz CT molecular complexity index is 169. The van der Waals surface area contributed by atoms with Crippen molar-refractivity contribution in [2.75, 3.05) is 19.8 Å². The number of carbonyl (C=O) groups excluding carboxylic acids is 1. The van der Waals surface area contributed by atoms with Crippen molar-refractivity contribution in [1.82, 2.24) is 0 Å². The molecule has 0 bridgehead atoms. The van der Waals surface area contributed by atoms with Gasteiger partial charge in [0.2, 0.25) is 0 Å². The van der Waals surface area contributed by atoms with Crippen LogP contribution in [0.15, 0.2) is 0 Å². The zero-order valence-electron chi connectivity index (χ0n) is 7.86. The number of carbonyl (C=O) groups is 1. The van der Waals surface area contributed by atoms with Gasteiger partial charge in [-0.05, 0) is 25.7 Å². The Balaban J connectivity index is 2.37. The van der Waals surface area contributed by atoms with Gasteiger partial charge in [0, 0.05) is 13.2 Å². The summed E-state index contributed by atoms with van der Waals surface area (Å²) in [5, 5.41) is 8.91. The van der Waals surface area contributed by atoms with Gasteiger partial charge in [0.25, 0.3) is 0 Å². The van der Waals surface area contributed by atoms with Crippen LogP contribution in [0, 0.1) is 5.92 Å². The van der Waals surface area contributed by atoms with Crippen molar-refractivity contribution in [2.24, 2.45) is 5.92 Å². The lowest BCUT2D eigenvalue weighted by Crippen LogP contribution is -2.34. The molecule has 1 rings (SSSR count). The van der Waals surface area contributed by atoms with Gasteiger partial charge in [-0.2, -0.15) is 0 Å². The molecule has 0 radical (unpaired) electrons. The topological polar surface area (TPSA) is 55.8 Å². The fourth-order valence-corrected chi connectivity index (χ4v) is 1.43. The molecule has 4 heteroatoms. The van der Waals surface area contributed by atoms with Crippen molar-refractivity contribution in [3.8, 4) is 0 Å². The molecule has 13 heavy (non-hydrogen) atoms. The number of aliphatic hydroxyl groups excluding tert-OH is 1. The van der Waals surface area contributed by atoms with E-state index in [-0.39, 0.29) is 18.5 Å². The van der Waals surface area contributed by atoms with E-state index in [1.165, 1.54) is 0 Å². The van der Waals surface area contributed by atoms with Gasteiger partial charge >= 0.3 is 5.97 Å². The van der Waals surface area contributed by atoms with Crippen molar-refractivity contribution in [3.05, 3.63) is 0 Å². The van der Waals surface area contributed by atoms with Crippen LogP contribution in [-0.2, 0) is 14.3 Å². The minimum absolute atomic E-state index is 0.124. The molecule has 0 aliphatic carbocycles. The Hall–Kier alpha value is -0.610. The van der Waals surface area contributed by atoms with Gasteiger partial charge in [-0.1, -0.05) is 0 Å². The van der Waals surface area contributed by atoms with Crippen LogP contribution in [0.3, 0.4) is 0 Å². The molecule has 76 valence electrons. The second-order valence-corrected chi connectivity index (χ2v) is 3.18. The normalized spacial score (nSPS) is 28.5. The number of rotatable bonds is 3. The van der Waals surface area contributed by atoms with E-state index in [0.29, 0.717) is 19.6 Å². The molecule has 0 aromatic rings. The molecule has 1 saturated heterocycles. The summed E-state index contributed by atoms with van der Waals surface area (Å²) in [6.07, 6.45) is 0.938. The molecule has 0 aromatic carbocycles. The van der Waals surface area contributed by atoms with Gasteiger partial charge in [-0.3, -0.25) is 0 Å². The molecular formula is C9H16O4. The smallest absolute Gasteiger partial charge is 0.335 e. The Kier molecular flexibility index (Phi) is 4.18. The van der Waals surface area contributed by atoms with Crippen LogP contribution < -0.4 is 0 Å². The molecule has 0 amide bonds. The summed E-state index contributed by atoms with van der Waals surface area (Å²) in [5.74, 6) is -0.121. The molecule has 0 saturated carbocycles. The Morgan fingerprint density at radius 2 is 2.46 bits per heavy atom. The van der Waals surface area contributed by atoms with E-state index in [9.17, 15) is 4.79 Å². The Morgan fingerprint density at radius 3 is 3.08 bits per heavy atom. The zero-order chi connectivity index (χ0) is 9.68. The first-order valence-corrected chi connectivity index (χ1v) is 4.67. The second-order valence-electron chi connectivity index (χ2n) is 3.18. The van der Waals surface area contributed by atoms with Gasteiger partial charge in [-0.15, -0.1) is 0 Å². The van der Waals surface area contributed by atoms with Crippen LogP contribution in [0.5, 0.6) is 0 Å². The Labute approximate surface area is 77.8 Å². The van der Waals surface area contributed by atoms with E-state index >= 15 is 0 Å². The van der Waals surface area contributed by atoms with Gasteiger partial charge < -0.3 is 14.6 Å². The number of hydrogen-bond acceptors (Lipinski definition) is 4. The zero-order valence-corrected chi connectivity index (χ0v) is 7.86. The van der Waals surface area contributed by atoms with Gasteiger partial charge in [0.15, 0.2) is 6.10 Å². The van der Waals surface area contributed by atoms with Crippen LogP contribution in [0.4, 0.5) is 0 Å². The van der Waals surface area contributed by atoms with E-state index in [2.05, 4.69) is 0 Å². The maximum Gasteiger partial charge on any atom is 0.335 e. The summed E-state index contributed by atoms with van der Waals surface area (Å²) in [5.41, 5.74) is 0.